The van der Waals surface area contributed by atoms with Crippen molar-refractivity contribution in [1.82, 2.24) is 5.32 Å². The molecule has 0 saturated heterocycles. The monoisotopic (exact) mass is 397 g/mol. The smallest absolute Gasteiger partial charge is 0.244 e. The fraction of sp³-hybridized carbons (Fsp3) is 0.348. The Labute approximate surface area is 171 Å². The molecule has 6 heteroatoms. The number of hydrogen-bond donors (Lipinski definition) is 1. The molecule has 0 spiro atoms. The first kappa shape index (κ1) is 20.7. The first-order valence-electron chi connectivity index (χ1n) is 9.77. The van der Waals surface area contributed by atoms with E-state index in [9.17, 15) is 4.79 Å². The highest BCUT2D eigenvalue weighted by Crippen LogP contribution is 2.40. The summed E-state index contributed by atoms with van der Waals surface area (Å²) >= 11 is 0. The number of methoxy groups -OCH3 is 1. The van der Waals surface area contributed by atoms with Gasteiger partial charge in [-0.25, -0.2) is 0 Å². The van der Waals surface area contributed by atoms with Crippen LogP contribution in [-0.2, 0) is 9.53 Å². The van der Waals surface area contributed by atoms with Crippen LogP contribution in [0.5, 0.6) is 17.2 Å². The van der Waals surface area contributed by atoms with E-state index >= 15 is 0 Å². The topological polar surface area (TPSA) is 66.0 Å². The molecule has 0 aromatic heterocycles. The summed E-state index contributed by atoms with van der Waals surface area (Å²) in [6, 6.07) is 13.7. The number of carbonyl (C=O) groups is 1. The summed E-state index contributed by atoms with van der Waals surface area (Å²) in [5.74, 6) is 1.66. The van der Waals surface area contributed by atoms with E-state index in [4.69, 9.17) is 18.9 Å². The van der Waals surface area contributed by atoms with Crippen LogP contribution in [0.4, 0.5) is 0 Å². The van der Waals surface area contributed by atoms with Gasteiger partial charge in [0.05, 0.1) is 13.2 Å². The highest BCUT2D eigenvalue weighted by atomic mass is 16.6. The van der Waals surface area contributed by atoms with Gasteiger partial charge in [-0.1, -0.05) is 30.3 Å². The van der Waals surface area contributed by atoms with E-state index in [0.29, 0.717) is 43.6 Å². The molecule has 154 valence electrons. The molecule has 1 aliphatic rings. The predicted octanol–water partition coefficient (Wildman–Crippen LogP) is 3.76. The molecule has 1 aliphatic heterocycles. The Morgan fingerprint density at radius 2 is 2.00 bits per heavy atom. The molecule has 1 atom stereocenters. The SMILES string of the molecule is COc1cc(/C=C/C(=O)NCCCOC(C)c2ccccc2)cc2c1OCCO2. The van der Waals surface area contributed by atoms with Gasteiger partial charge in [0.25, 0.3) is 0 Å². The molecule has 2 aromatic carbocycles. The van der Waals surface area contributed by atoms with Gasteiger partial charge in [-0.05, 0) is 42.7 Å². The molecule has 2 aromatic rings. The number of benzene rings is 2. The standard InChI is InChI=1S/C23H27NO5/c1-17(19-7-4-3-5-8-19)27-12-6-11-24-22(25)10-9-18-15-20(26-2)23-21(16-18)28-13-14-29-23/h3-5,7-10,15-17H,6,11-14H2,1-2H3,(H,24,25)/b10-9+. The van der Waals surface area contributed by atoms with Gasteiger partial charge in [-0.15, -0.1) is 0 Å². The summed E-state index contributed by atoms with van der Waals surface area (Å²) in [5, 5.41) is 2.86. The van der Waals surface area contributed by atoms with Crippen LogP contribution in [0.25, 0.3) is 6.08 Å². The first-order chi connectivity index (χ1) is 14.2. The number of carbonyl (C=O) groups excluding carboxylic acids is 1. The molecule has 0 radical (unpaired) electrons. The molecule has 0 fully saturated rings. The van der Waals surface area contributed by atoms with Gasteiger partial charge in [0.1, 0.15) is 13.2 Å². The van der Waals surface area contributed by atoms with E-state index in [1.165, 1.54) is 6.08 Å². The lowest BCUT2D eigenvalue weighted by molar-refractivity contribution is -0.116. The van der Waals surface area contributed by atoms with Crippen molar-refractivity contribution in [3.63, 3.8) is 0 Å². The van der Waals surface area contributed by atoms with Crippen molar-refractivity contribution in [1.29, 1.82) is 0 Å². The molecule has 1 heterocycles. The predicted molar refractivity (Wildman–Crippen MR) is 111 cm³/mol. The second-order valence-corrected chi connectivity index (χ2v) is 6.65. The molecule has 29 heavy (non-hydrogen) atoms. The average Bonchev–Trinajstić information content (AvgIpc) is 2.77. The van der Waals surface area contributed by atoms with Gasteiger partial charge in [-0.2, -0.15) is 0 Å². The van der Waals surface area contributed by atoms with Crippen molar-refractivity contribution in [2.24, 2.45) is 0 Å². The Kier molecular flexibility index (Phi) is 7.53. The molecular weight excluding hydrogens is 370 g/mol. The number of rotatable bonds is 9. The highest BCUT2D eigenvalue weighted by molar-refractivity contribution is 5.91. The Balaban J connectivity index is 1.42. The van der Waals surface area contributed by atoms with E-state index in [0.717, 1.165) is 17.5 Å². The Hall–Kier alpha value is -2.99. The lowest BCUT2D eigenvalue weighted by Gasteiger charge is -2.20. The number of nitrogens with one attached hydrogen (secondary N) is 1. The minimum Gasteiger partial charge on any atom is -0.493 e. The van der Waals surface area contributed by atoms with Crippen LogP contribution in [0.3, 0.4) is 0 Å². The third-order valence-corrected chi connectivity index (χ3v) is 4.53. The molecule has 0 saturated carbocycles. The Bertz CT molecular complexity index is 817. The quantitative estimate of drug-likeness (QED) is 0.515. The number of fused-ring (bicyclic) bond motifs is 1. The third-order valence-electron chi connectivity index (χ3n) is 4.53. The normalized spacial score (nSPS) is 13.9. The van der Waals surface area contributed by atoms with Gasteiger partial charge in [0, 0.05) is 19.2 Å². The van der Waals surface area contributed by atoms with Crippen molar-refractivity contribution >= 4 is 12.0 Å². The zero-order valence-electron chi connectivity index (χ0n) is 16.9. The van der Waals surface area contributed by atoms with Gasteiger partial charge in [0.15, 0.2) is 11.5 Å². The summed E-state index contributed by atoms with van der Waals surface area (Å²) in [5.41, 5.74) is 1.95. The maximum atomic E-state index is 12.1. The minimum absolute atomic E-state index is 0.0389. The fourth-order valence-electron chi connectivity index (χ4n) is 2.98. The zero-order chi connectivity index (χ0) is 20.5. The van der Waals surface area contributed by atoms with Crippen LogP contribution in [0.2, 0.25) is 0 Å². The summed E-state index contributed by atoms with van der Waals surface area (Å²) in [6.07, 6.45) is 4.01. The molecule has 0 bridgehead atoms. The fourth-order valence-corrected chi connectivity index (χ4v) is 2.98. The van der Waals surface area contributed by atoms with Gasteiger partial charge in [-0.3, -0.25) is 4.79 Å². The largest absolute Gasteiger partial charge is 0.493 e. The van der Waals surface area contributed by atoms with E-state index in [2.05, 4.69) is 5.32 Å². The van der Waals surface area contributed by atoms with Crippen LogP contribution in [0, 0.1) is 0 Å². The summed E-state index contributed by atoms with van der Waals surface area (Å²) < 4.78 is 22.3. The Morgan fingerprint density at radius 3 is 2.79 bits per heavy atom. The summed E-state index contributed by atoms with van der Waals surface area (Å²) in [4.78, 5) is 12.1. The van der Waals surface area contributed by atoms with Gasteiger partial charge < -0.3 is 24.3 Å². The van der Waals surface area contributed by atoms with Gasteiger partial charge >= 0.3 is 0 Å². The maximum Gasteiger partial charge on any atom is 0.244 e. The second-order valence-electron chi connectivity index (χ2n) is 6.65. The molecule has 1 amide bonds. The number of amides is 1. The molecule has 3 rings (SSSR count). The average molecular weight is 397 g/mol. The molecular formula is C23H27NO5. The molecule has 6 nitrogen and oxygen atoms in total. The lowest BCUT2D eigenvalue weighted by Crippen LogP contribution is -2.23. The van der Waals surface area contributed by atoms with E-state index in [1.807, 2.05) is 49.4 Å². The summed E-state index contributed by atoms with van der Waals surface area (Å²) in [6.45, 7) is 4.15. The van der Waals surface area contributed by atoms with Crippen LogP contribution in [0.15, 0.2) is 48.5 Å². The van der Waals surface area contributed by atoms with Crippen LogP contribution >= 0.6 is 0 Å². The third kappa shape index (κ3) is 5.99. The van der Waals surface area contributed by atoms with Crippen molar-refractivity contribution in [2.75, 3.05) is 33.5 Å². The maximum absolute atomic E-state index is 12.1. The number of ether oxygens (including phenoxy) is 4. The minimum atomic E-state index is -0.157. The van der Waals surface area contributed by atoms with E-state index in [-0.39, 0.29) is 12.0 Å². The van der Waals surface area contributed by atoms with Crippen molar-refractivity contribution < 1.29 is 23.7 Å². The Morgan fingerprint density at radius 1 is 1.21 bits per heavy atom. The van der Waals surface area contributed by atoms with Crippen molar-refractivity contribution in [2.45, 2.75) is 19.4 Å². The second kappa shape index (κ2) is 10.5. The van der Waals surface area contributed by atoms with Crippen LogP contribution in [0.1, 0.15) is 30.6 Å². The number of hydrogen-bond acceptors (Lipinski definition) is 5. The van der Waals surface area contributed by atoms with E-state index < -0.39 is 0 Å². The first-order valence-corrected chi connectivity index (χ1v) is 9.77. The van der Waals surface area contributed by atoms with Crippen molar-refractivity contribution in [3.8, 4) is 17.2 Å². The lowest BCUT2D eigenvalue weighted by atomic mass is 10.1. The zero-order valence-corrected chi connectivity index (χ0v) is 16.9. The van der Waals surface area contributed by atoms with Gasteiger partial charge in [0.2, 0.25) is 11.7 Å². The summed E-state index contributed by atoms with van der Waals surface area (Å²) in [7, 11) is 1.58. The molecule has 1 unspecified atom stereocenters. The van der Waals surface area contributed by atoms with Crippen molar-refractivity contribution in [3.05, 3.63) is 59.7 Å². The molecule has 1 N–H and O–H groups in total. The van der Waals surface area contributed by atoms with Crippen LogP contribution in [-0.4, -0.2) is 39.4 Å². The molecule has 0 aliphatic carbocycles. The highest BCUT2D eigenvalue weighted by Gasteiger charge is 2.17. The van der Waals surface area contributed by atoms with E-state index in [1.54, 1.807) is 13.2 Å². The van der Waals surface area contributed by atoms with Crippen LogP contribution < -0.4 is 19.5 Å².